The smallest absolute Gasteiger partial charge is 0.264 e. The van der Waals surface area contributed by atoms with Crippen LogP contribution in [0.3, 0.4) is 0 Å². The van der Waals surface area contributed by atoms with Crippen molar-refractivity contribution in [3.63, 3.8) is 0 Å². The molecule has 4 aromatic rings. The van der Waals surface area contributed by atoms with Crippen molar-refractivity contribution in [3.05, 3.63) is 59.0 Å². The van der Waals surface area contributed by atoms with Crippen LogP contribution in [0.2, 0.25) is 0 Å². The zero-order chi connectivity index (χ0) is 19.7. The molecule has 0 unspecified atom stereocenters. The Morgan fingerprint density at radius 3 is 2.79 bits per heavy atom. The van der Waals surface area contributed by atoms with Gasteiger partial charge in [0.2, 0.25) is 0 Å². The number of aliphatic hydroxyl groups is 1. The van der Waals surface area contributed by atoms with E-state index in [0.29, 0.717) is 11.4 Å². The monoisotopic (exact) mass is 395 g/mol. The maximum atomic E-state index is 13.1. The number of rotatable bonds is 6. The van der Waals surface area contributed by atoms with Gasteiger partial charge in [-0.1, -0.05) is 30.3 Å². The van der Waals surface area contributed by atoms with Crippen LogP contribution in [0.15, 0.2) is 42.6 Å². The molecule has 3 aromatic heterocycles. The van der Waals surface area contributed by atoms with Crippen molar-refractivity contribution in [1.29, 1.82) is 0 Å². The average Bonchev–Trinajstić information content (AvgIpc) is 3.38. The molecule has 4 rings (SSSR count). The number of imidazole rings is 1. The highest BCUT2D eigenvalue weighted by Gasteiger charge is 2.22. The summed E-state index contributed by atoms with van der Waals surface area (Å²) < 4.78 is 1.81. The number of aryl methyl sites for hydroxylation is 2. The number of hydrogen-bond acceptors (Lipinski definition) is 5. The molecule has 0 fully saturated rings. The molecule has 0 atom stereocenters. The minimum atomic E-state index is -0.110. The first kappa shape index (κ1) is 18.4. The Balaban J connectivity index is 1.68. The second kappa shape index (κ2) is 7.57. The molecule has 3 heterocycles. The Bertz CT molecular complexity index is 1110. The molecule has 2 N–H and O–H groups in total. The number of carbonyl (C=O) groups excluding carboxylic acids is 1. The molecular weight excluding hydrogens is 374 g/mol. The van der Waals surface area contributed by atoms with Gasteiger partial charge in [-0.15, -0.1) is 11.3 Å². The molecule has 0 saturated carbocycles. The highest BCUT2D eigenvalue weighted by molar-refractivity contribution is 7.20. The summed E-state index contributed by atoms with van der Waals surface area (Å²) in [6.07, 6.45) is 1.72. The molecule has 0 aliphatic heterocycles. The number of H-pyrrole nitrogens is 1. The molecule has 0 radical (unpaired) electrons. The molecule has 1 amide bonds. The maximum absolute atomic E-state index is 13.1. The number of amides is 1. The summed E-state index contributed by atoms with van der Waals surface area (Å²) in [6.45, 7) is 2.40. The summed E-state index contributed by atoms with van der Waals surface area (Å²) in [6, 6.07) is 11.9. The van der Waals surface area contributed by atoms with Crippen molar-refractivity contribution in [1.82, 2.24) is 24.6 Å². The number of aromatic amines is 1. The van der Waals surface area contributed by atoms with Gasteiger partial charge >= 0.3 is 0 Å². The highest BCUT2D eigenvalue weighted by Crippen LogP contribution is 2.34. The molecular formula is C20H21N5O2S. The van der Waals surface area contributed by atoms with Gasteiger partial charge in [-0.2, -0.15) is 5.10 Å². The van der Waals surface area contributed by atoms with E-state index in [1.165, 1.54) is 11.3 Å². The first-order chi connectivity index (χ1) is 13.6. The third kappa shape index (κ3) is 3.44. The number of benzene rings is 1. The van der Waals surface area contributed by atoms with Gasteiger partial charge < -0.3 is 15.0 Å². The van der Waals surface area contributed by atoms with Crippen molar-refractivity contribution >= 4 is 27.5 Å². The van der Waals surface area contributed by atoms with Crippen LogP contribution in [0.5, 0.6) is 0 Å². The molecule has 0 saturated heterocycles. The van der Waals surface area contributed by atoms with Gasteiger partial charge in [-0.3, -0.25) is 9.48 Å². The fourth-order valence-electron chi connectivity index (χ4n) is 3.24. The predicted molar refractivity (Wildman–Crippen MR) is 109 cm³/mol. The molecule has 1 aromatic carbocycles. The fraction of sp³-hybridized carbons (Fsp3) is 0.250. The van der Waals surface area contributed by atoms with E-state index in [4.69, 9.17) is 0 Å². The van der Waals surface area contributed by atoms with Gasteiger partial charge in [-0.05, 0) is 13.0 Å². The Hall–Kier alpha value is -2.97. The van der Waals surface area contributed by atoms with Crippen LogP contribution in [0.4, 0.5) is 0 Å². The fourth-order valence-corrected chi connectivity index (χ4v) is 4.28. The van der Waals surface area contributed by atoms with Crippen LogP contribution < -0.4 is 0 Å². The summed E-state index contributed by atoms with van der Waals surface area (Å²) in [4.78, 5) is 23.7. The summed E-state index contributed by atoms with van der Waals surface area (Å²) in [5.74, 6) is 0.688. The first-order valence-corrected chi connectivity index (χ1v) is 9.81. The van der Waals surface area contributed by atoms with E-state index in [0.717, 1.165) is 33.0 Å². The Labute approximate surface area is 166 Å². The summed E-state index contributed by atoms with van der Waals surface area (Å²) >= 11 is 1.42. The van der Waals surface area contributed by atoms with Crippen LogP contribution in [-0.4, -0.2) is 48.8 Å². The Morgan fingerprint density at radius 1 is 1.32 bits per heavy atom. The number of aromatic nitrogens is 4. The molecule has 0 aliphatic rings. The van der Waals surface area contributed by atoms with Crippen molar-refractivity contribution in [2.45, 2.75) is 13.5 Å². The average molecular weight is 395 g/mol. The Morgan fingerprint density at radius 2 is 2.11 bits per heavy atom. The number of hydrogen-bond donors (Lipinski definition) is 2. The molecule has 8 heteroatoms. The van der Waals surface area contributed by atoms with Gasteiger partial charge in [0.1, 0.15) is 16.3 Å². The predicted octanol–water partition coefficient (Wildman–Crippen LogP) is 2.97. The van der Waals surface area contributed by atoms with E-state index >= 15 is 0 Å². The normalized spacial score (nSPS) is 11.2. The largest absolute Gasteiger partial charge is 0.395 e. The van der Waals surface area contributed by atoms with Crippen LogP contribution in [0.1, 0.15) is 21.2 Å². The van der Waals surface area contributed by atoms with E-state index in [9.17, 15) is 9.90 Å². The van der Waals surface area contributed by atoms with Crippen molar-refractivity contribution in [2.24, 2.45) is 7.05 Å². The minimum Gasteiger partial charge on any atom is -0.395 e. The van der Waals surface area contributed by atoms with E-state index in [1.807, 2.05) is 55.1 Å². The van der Waals surface area contributed by atoms with E-state index in [-0.39, 0.29) is 19.1 Å². The minimum absolute atomic E-state index is 0.0967. The topological polar surface area (TPSA) is 87.0 Å². The number of carbonyl (C=O) groups is 1. The molecule has 0 bridgehead atoms. The van der Waals surface area contributed by atoms with Gasteiger partial charge in [0.05, 0.1) is 29.9 Å². The zero-order valence-corrected chi connectivity index (χ0v) is 16.5. The van der Waals surface area contributed by atoms with Crippen LogP contribution >= 0.6 is 11.3 Å². The lowest BCUT2D eigenvalue weighted by atomic mass is 10.1. The second-order valence-electron chi connectivity index (χ2n) is 6.61. The van der Waals surface area contributed by atoms with Gasteiger partial charge in [0, 0.05) is 24.5 Å². The highest BCUT2D eigenvalue weighted by atomic mass is 32.1. The molecule has 7 nitrogen and oxygen atoms in total. The third-order valence-electron chi connectivity index (χ3n) is 4.54. The number of nitrogens with zero attached hydrogens (tertiary/aromatic N) is 4. The number of aliphatic hydroxyl groups excluding tert-OH is 1. The van der Waals surface area contributed by atoms with Crippen LogP contribution in [-0.2, 0) is 13.6 Å². The SMILES string of the molecule is Cc1ncc(CN(CCO)C(=O)c2cc3c(-c4ccccc4)nn(C)c3s2)[nH]1. The molecule has 0 spiro atoms. The van der Waals surface area contributed by atoms with Crippen molar-refractivity contribution in [3.8, 4) is 11.3 Å². The second-order valence-corrected chi connectivity index (χ2v) is 7.64. The Kier molecular flexibility index (Phi) is 4.97. The zero-order valence-electron chi connectivity index (χ0n) is 15.7. The van der Waals surface area contributed by atoms with Gasteiger partial charge in [0.15, 0.2) is 0 Å². The number of nitrogens with one attached hydrogen (secondary N) is 1. The summed E-state index contributed by atoms with van der Waals surface area (Å²) in [5, 5.41) is 15.0. The van der Waals surface area contributed by atoms with Crippen LogP contribution in [0, 0.1) is 6.92 Å². The van der Waals surface area contributed by atoms with E-state index < -0.39 is 0 Å². The van der Waals surface area contributed by atoms with Crippen LogP contribution in [0.25, 0.3) is 21.5 Å². The lowest BCUT2D eigenvalue weighted by Gasteiger charge is -2.20. The van der Waals surface area contributed by atoms with Crippen molar-refractivity contribution < 1.29 is 9.90 Å². The van der Waals surface area contributed by atoms with Crippen molar-refractivity contribution in [2.75, 3.05) is 13.2 Å². The van der Waals surface area contributed by atoms with E-state index in [2.05, 4.69) is 15.1 Å². The maximum Gasteiger partial charge on any atom is 0.264 e. The van der Waals surface area contributed by atoms with E-state index in [1.54, 1.807) is 11.1 Å². The first-order valence-electron chi connectivity index (χ1n) is 8.99. The third-order valence-corrected chi connectivity index (χ3v) is 5.73. The number of fused-ring (bicyclic) bond motifs is 1. The summed E-state index contributed by atoms with van der Waals surface area (Å²) in [7, 11) is 1.89. The molecule has 28 heavy (non-hydrogen) atoms. The summed E-state index contributed by atoms with van der Waals surface area (Å²) in [5.41, 5.74) is 2.73. The number of thiophene rings is 1. The molecule has 144 valence electrons. The van der Waals surface area contributed by atoms with Gasteiger partial charge in [0.25, 0.3) is 5.91 Å². The quantitative estimate of drug-likeness (QED) is 0.525. The lowest BCUT2D eigenvalue weighted by Crippen LogP contribution is -2.32. The standard InChI is InChI=1S/C20H21N5O2S/c1-13-21-11-15(22-13)12-25(8-9-26)19(27)17-10-16-18(14-6-4-3-5-7-14)23-24(2)20(16)28-17/h3-7,10-11,26H,8-9,12H2,1-2H3,(H,21,22). The molecule has 0 aliphatic carbocycles. The van der Waals surface area contributed by atoms with Gasteiger partial charge in [-0.25, -0.2) is 4.98 Å². The lowest BCUT2D eigenvalue weighted by molar-refractivity contribution is 0.0710.